The number of benzene rings is 1. The van der Waals surface area contributed by atoms with Crippen LogP contribution in [0.15, 0.2) is 45.6 Å². The van der Waals surface area contributed by atoms with Crippen LogP contribution in [0.3, 0.4) is 0 Å². The first kappa shape index (κ1) is 18.1. The highest BCUT2D eigenvalue weighted by Gasteiger charge is 2.13. The van der Waals surface area contributed by atoms with Crippen LogP contribution >= 0.6 is 23.1 Å². The van der Waals surface area contributed by atoms with Crippen LogP contribution in [0.5, 0.6) is 0 Å². The minimum absolute atomic E-state index is 0.0115. The van der Waals surface area contributed by atoms with E-state index < -0.39 is 0 Å². The maximum Gasteiger partial charge on any atom is 0.257 e. The van der Waals surface area contributed by atoms with Gasteiger partial charge in [-0.1, -0.05) is 35.2 Å². The van der Waals surface area contributed by atoms with Gasteiger partial charge in [-0.3, -0.25) is 14.9 Å². The second kappa shape index (κ2) is 8.11. The van der Waals surface area contributed by atoms with Gasteiger partial charge in [0.05, 0.1) is 11.9 Å². The topological polar surface area (TPSA) is 101 Å². The molecule has 2 heterocycles. The Morgan fingerprint density at radius 3 is 2.65 bits per heavy atom. The Bertz CT molecular complexity index is 891. The summed E-state index contributed by atoms with van der Waals surface area (Å²) in [4.78, 5) is 29.3. The highest BCUT2D eigenvalue weighted by Crippen LogP contribution is 2.26. The Kier molecular flexibility index (Phi) is 5.64. The lowest BCUT2D eigenvalue weighted by atomic mass is 10.1. The second-order valence-electron chi connectivity index (χ2n) is 5.35. The Morgan fingerprint density at radius 1 is 1.23 bits per heavy atom. The maximum absolute atomic E-state index is 12.3. The predicted octanol–water partition coefficient (Wildman–Crippen LogP) is 2.63. The molecule has 3 rings (SSSR count). The molecule has 0 fully saturated rings. The Balaban J connectivity index is 1.59. The highest BCUT2D eigenvalue weighted by molar-refractivity contribution is 8.01. The lowest BCUT2D eigenvalue weighted by molar-refractivity contribution is -0.125. The number of rotatable bonds is 6. The van der Waals surface area contributed by atoms with Crippen LogP contribution in [0.25, 0.3) is 11.3 Å². The summed E-state index contributed by atoms with van der Waals surface area (Å²) >= 11 is 2.51. The molecule has 0 atom stereocenters. The zero-order chi connectivity index (χ0) is 18.5. The molecule has 10 heteroatoms. The van der Waals surface area contributed by atoms with Gasteiger partial charge in [-0.25, -0.2) is 4.98 Å². The van der Waals surface area contributed by atoms with Gasteiger partial charge in [0.1, 0.15) is 0 Å². The lowest BCUT2D eigenvalue weighted by Crippen LogP contribution is -2.23. The van der Waals surface area contributed by atoms with Gasteiger partial charge in [-0.15, -0.1) is 10.2 Å². The van der Waals surface area contributed by atoms with E-state index >= 15 is 0 Å². The van der Waals surface area contributed by atoms with E-state index in [4.69, 9.17) is 4.42 Å². The van der Waals surface area contributed by atoms with Gasteiger partial charge in [0.15, 0.2) is 16.5 Å². The minimum Gasteiger partial charge on any atom is -0.444 e. The molecule has 3 aromatic rings. The first-order valence-corrected chi connectivity index (χ1v) is 9.30. The summed E-state index contributed by atoms with van der Waals surface area (Å²) in [6, 6.07) is 6.95. The molecule has 1 aromatic carbocycles. The number of nitrogens with one attached hydrogen (secondary N) is 1. The summed E-state index contributed by atoms with van der Waals surface area (Å²) in [5, 5.41) is 11.0. The molecule has 0 aliphatic rings. The Labute approximate surface area is 157 Å². The SMILES string of the molecule is CN(C)C(=O)CSc1nnc(NC(=O)c2ccc(-c3cnco3)cc2)s1. The second-order valence-corrected chi connectivity index (χ2v) is 7.55. The fraction of sp³-hybridized carbons (Fsp3) is 0.188. The molecular formula is C16H15N5O3S2. The van der Waals surface area contributed by atoms with Crippen LogP contribution in [0.2, 0.25) is 0 Å². The molecule has 0 aliphatic heterocycles. The van der Waals surface area contributed by atoms with Crippen molar-refractivity contribution < 1.29 is 14.0 Å². The normalized spacial score (nSPS) is 10.5. The van der Waals surface area contributed by atoms with Gasteiger partial charge in [0.2, 0.25) is 11.0 Å². The van der Waals surface area contributed by atoms with Crippen LogP contribution in [-0.2, 0) is 4.79 Å². The van der Waals surface area contributed by atoms with E-state index in [2.05, 4.69) is 20.5 Å². The van der Waals surface area contributed by atoms with E-state index in [0.717, 1.165) is 5.56 Å². The Hall–Kier alpha value is -2.72. The van der Waals surface area contributed by atoms with Gasteiger partial charge in [-0.2, -0.15) is 0 Å². The zero-order valence-electron chi connectivity index (χ0n) is 14.0. The van der Waals surface area contributed by atoms with Crippen molar-refractivity contribution in [1.29, 1.82) is 0 Å². The number of carbonyl (C=O) groups is 2. The molecule has 0 radical (unpaired) electrons. The van der Waals surface area contributed by atoms with Crippen molar-refractivity contribution in [2.45, 2.75) is 4.34 Å². The first-order valence-electron chi connectivity index (χ1n) is 7.49. The van der Waals surface area contributed by atoms with E-state index in [-0.39, 0.29) is 17.6 Å². The van der Waals surface area contributed by atoms with E-state index in [9.17, 15) is 9.59 Å². The van der Waals surface area contributed by atoms with Gasteiger partial charge in [0.25, 0.3) is 5.91 Å². The Morgan fingerprint density at radius 2 is 2.00 bits per heavy atom. The third-order valence-corrected chi connectivity index (χ3v) is 5.27. The number of thioether (sulfide) groups is 1. The van der Waals surface area contributed by atoms with Crippen molar-refractivity contribution >= 4 is 40.0 Å². The summed E-state index contributed by atoms with van der Waals surface area (Å²) in [5.41, 5.74) is 1.32. The number of oxazole rings is 1. The number of nitrogens with zero attached hydrogens (tertiary/aromatic N) is 4. The molecular weight excluding hydrogens is 374 g/mol. The number of carbonyl (C=O) groups excluding carboxylic acids is 2. The van der Waals surface area contributed by atoms with Crippen LogP contribution < -0.4 is 5.32 Å². The summed E-state index contributed by atoms with van der Waals surface area (Å²) in [6.07, 6.45) is 2.96. The molecule has 0 saturated heterocycles. The van der Waals surface area contributed by atoms with Crippen molar-refractivity contribution in [2.24, 2.45) is 0 Å². The average Bonchev–Trinajstić information content (AvgIpc) is 3.31. The molecule has 0 unspecified atom stereocenters. The maximum atomic E-state index is 12.3. The predicted molar refractivity (Wildman–Crippen MR) is 99.2 cm³/mol. The van der Waals surface area contributed by atoms with Crippen molar-refractivity contribution in [1.82, 2.24) is 20.1 Å². The average molecular weight is 389 g/mol. The minimum atomic E-state index is -0.286. The van der Waals surface area contributed by atoms with Gasteiger partial charge in [-0.05, 0) is 12.1 Å². The molecule has 2 aromatic heterocycles. The van der Waals surface area contributed by atoms with E-state index in [1.165, 1.54) is 34.4 Å². The van der Waals surface area contributed by atoms with Gasteiger partial charge in [0, 0.05) is 25.2 Å². The molecule has 26 heavy (non-hydrogen) atoms. The van der Waals surface area contributed by atoms with Crippen molar-refractivity contribution in [2.75, 3.05) is 25.2 Å². The fourth-order valence-electron chi connectivity index (χ4n) is 1.88. The third-order valence-electron chi connectivity index (χ3n) is 3.31. The summed E-state index contributed by atoms with van der Waals surface area (Å²) in [7, 11) is 3.39. The van der Waals surface area contributed by atoms with Gasteiger partial charge < -0.3 is 9.32 Å². The van der Waals surface area contributed by atoms with Gasteiger partial charge >= 0.3 is 0 Å². The number of aromatic nitrogens is 3. The summed E-state index contributed by atoms with van der Waals surface area (Å²) < 4.78 is 5.84. The molecule has 2 amide bonds. The molecule has 0 spiro atoms. The monoisotopic (exact) mass is 389 g/mol. The molecule has 0 saturated carbocycles. The molecule has 134 valence electrons. The molecule has 0 bridgehead atoms. The molecule has 8 nitrogen and oxygen atoms in total. The first-order chi connectivity index (χ1) is 12.5. The third kappa shape index (κ3) is 4.46. The lowest BCUT2D eigenvalue weighted by Gasteiger charge is -2.07. The number of hydrogen-bond acceptors (Lipinski definition) is 8. The van der Waals surface area contributed by atoms with Crippen LogP contribution in [0, 0.1) is 0 Å². The van der Waals surface area contributed by atoms with Crippen LogP contribution in [-0.4, -0.2) is 51.7 Å². The standard InChI is InChI=1S/C16H15N5O3S2/c1-21(2)13(22)8-25-16-20-19-15(26-16)18-14(23)11-5-3-10(4-6-11)12-7-17-9-24-12/h3-7,9H,8H2,1-2H3,(H,18,19,23). The molecule has 1 N–H and O–H groups in total. The fourth-order valence-corrected chi connectivity index (χ4v) is 3.61. The molecule has 0 aliphatic carbocycles. The summed E-state index contributed by atoms with van der Waals surface area (Å²) in [5.74, 6) is 0.613. The van der Waals surface area contributed by atoms with Crippen LogP contribution in [0.4, 0.5) is 5.13 Å². The largest absolute Gasteiger partial charge is 0.444 e. The van der Waals surface area contributed by atoms with E-state index in [1.54, 1.807) is 44.6 Å². The van der Waals surface area contributed by atoms with E-state index in [0.29, 0.717) is 20.8 Å². The number of amides is 2. The van der Waals surface area contributed by atoms with Crippen molar-refractivity contribution in [3.8, 4) is 11.3 Å². The quantitative estimate of drug-likeness (QED) is 0.511. The van der Waals surface area contributed by atoms with E-state index in [1.807, 2.05) is 0 Å². The summed E-state index contributed by atoms with van der Waals surface area (Å²) in [6.45, 7) is 0. The number of hydrogen-bond donors (Lipinski definition) is 1. The smallest absolute Gasteiger partial charge is 0.257 e. The van der Waals surface area contributed by atoms with Crippen molar-refractivity contribution in [3.63, 3.8) is 0 Å². The highest BCUT2D eigenvalue weighted by atomic mass is 32.2. The number of anilines is 1. The van der Waals surface area contributed by atoms with Crippen molar-refractivity contribution in [3.05, 3.63) is 42.4 Å². The zero-order valence-corrected chi connectivity index (χ0v) is 15.6. The van der Waals surface area contributed by atoms with Crippen LogP contribution in [0.1, 0.15) is 10.4 Å².